The second kappa shape index (κ2) is 6.05. The molecule has 0 unspecified atom stereocenters. The highest BCUT2D eigenvalue weighted by molar-refractivity contribution is 5.95. The van der Waals surface area contributed by atoms with Gasteiger partial charge in [0.2, 0.25) is 5.43 Å². The van der Waals surface area contributed by atoms with E-state index in [-0.39, 0.29) is 41.3 Å². The van der Waals surface area contributed by atoms with Gasteiger partial charge < -0.3 is 19.3 Å². The average molecular weight is 364 g/mol. The molecule has 2 aliphatic rings. The fourth-order valence-corrected chi connectivity index (χ4v) is 3.59. The van der Waals surface area contributed by atoms with Crippen LogP contribution in [0.1, 0.15) is 41.7 Å². The summed E-state index contributed by atoms with van der Waals surface area (Å²) >= 11 is 0. The zero-order chi connectivity index (χ0) is 18.6. The molecule has 0 bridgehead atoms. The first-order valence-corrected chi connectivity index (χ1v) is 8.60. The highest BCUT2D eigenvalue weighted by atomic mass is 19.1. The van der Waals surface area contributed by atoms with Crippen molar-refractivity contribution in [2.75, 3.05) is 24.8 Å². The summed E-state index contributed by atoms with van der Waals surface area (Å²) < 4.78 is 37.3. The van der Waals surface area contributed by atoms with Crippen molar-refractivity contribution in [2.24, 2.45) is 0 Å². The summed E-state index contributed by atoms with van der Waals surface area (Å²) in [6.07, 6.45) is 2.86. The Balaban J connectivity index is 2.16. The number of anilines is 1. The molecule has 26 heavy (non-hydrogen) atoms. The van der Waals surface area contributed by atoms with Gasteiger partial charge in [-0.25, -0.2) is 13.6 Å². The number of carboxylic acids is 1. The van der Waals surface area contributed by atoms with Crippen LogP contribution in [-0.2, 0) is 11.2 Å². The van der Waals surface area contributed by atoms with E-state index in [2.05, 4.69) is 0 Å². The number of aromatic carboxylic acids is 1. The van der Waals surface area contributed by atoms with Gasteiger partial charge >= 0.3 is 5.97 Å². The Bertz CT molecular complexity index is 976. The topological polar surface area (TPSA) is 71.8 Å². The van der Waals surface area contributed by atoms with E-state index in [1.807, 2.05) is 0 Å². The van der Waals surface area contributed by atoms with Gasteiger partial charge in [-0.15, -0.1) is 0 Å². The van der Waals surface area contributed by atoms with Crippen LogP contribution in [0.2, 0.25) is 0 Å². The van der Waals surface area contributed by atoms with Crippen molar-refractivity contribution in [2.45, 2.75) is 32.2 Å². The molecule has 2 fully saturated rings. The third-order valence-corrected chi connectivity index (χ3v) is 5.02. The number of nitrogens with zero attached hydrogens (tertiary/aromatic N) is 2. The quantitative estimate of drug-likeness (QED) is 0.903. The molecule has 8 heteroatoms. The Labute approximate surface area is 147 Å². The number of hydrogen-bond acceptors (Lipinski definition) is 4. The Kier molecular flexibility index (Phi) is 3.95. The Morgan fingerprint density at radius 1 is 1.35 bits per heavy atom. The maximum absolute atomic E-state index is 15.4. The van der Waals surface area contributed by atoms with Crippen molar-refractivity contribution in [1.82, 2.24) is 4.57 Å². The second-order valence-corrected chi connectivity index (χ2v) is 6.65. The number of carbonyl (C=O) groups is 1. The Morgan fingerprint density at radius 2 is 2.08 bits per heavy atom. The minimum atomic E-state index is -1.40. The zero-order valence-corrected chi connectivity index (χ0v) is 14.2. The average Bonchev–Trinajstić information content (AvgIpc) is 3.31. The van der Waals surface area contributed by atoms with Gasteiger partial charge in [0.1, 0.15) is 18.0 Å². The first-order chi connectivity index (χ1) is 12.5. The van der Waals surface area contributed by atoms with Gasteiger partial charge in [0.25, 0.3) is 0 Å². The third kappa shape index (κ3) is 2.39. The van der Waals surface area contributed by atoms with Gasteiger partial charge in [-0.1, -0.05) is 6.92 Å². The molecule has 1 saturated heterocycles. The molecule has 1 N–H and O–H groups in total. The van der Waals surface area contributed by atoms with E-state index in [9.17, 15) is 14.7 Å². The molecular formula is C18H18F2N2O4. The van der Waals surface area contributed by atoms with Crippen molar-refractivity contribution >= 4 is 22.6 Å². The normalized spacial score (nSPS) is 17.3. The van der Waals surface area contributed by atoms with E-state index >= 15 is 8.78 Å². The lowest BCUT2D eigenvalue weighted by molar-refractivity contribution is 0.0695. The van der Waals surface area contributed by atoms with Crippen molar-refractivity contribution in [3.63, 3.8) is 0 Å². The zero-order valence-electron chi connectivity index (χ0n) is 14.2. The molecule has 1 saturated carbocycles. The molecule has 4 rings (SSSR count). The van der Waals surface area contributed by atoms with E-state index < -0.39 is 28.6 Å². The van der Waals surface area contributed by atoms with Crippen LogP contribution in [-0.4, -0.2) is 35.5 Å². The van der Waals surface area contributed by atoms with Crippen LogP contribution in [0, 0.1) is 11.6 Å². The third-order valence-electron chi connectivity index (χ3n) is 5.02. The Morgan fingerprint density at radius 3 is 2.62 bits per heavy atom. The minimum absolute atomic E-state index is 0.0114. The predicted molar refractivity (Wildman–Crippen MR) is 90.9 cm³/mol. The fourth-order valence-electron chi connectivity index (χ4n) is 3.59. The second-order valence-electron chi connectivity index (χ2n) is 6.65. The van der Waals surface area contributed by atoms with Crippen LogP contribution in [0.15, 0.2) is 11.0 Å². The number of rotatable bonds is 4. The van der Waals surface area contributed by atoms with E-state index in [0.29, 0.717) is 13.2 Å². The van der Waals surface area contributed by atoms with Crippen LogP contribution in [0.4, 0.5) is 14.5 Å². The highest BCUT2D eigenvalue weighted by Crippen LogP contribution is 2.41. The smallest absolute Gasteiger partial charge is 0.341 e. The van der Waals surface area contributed by atoms with Crippen molar-refractivity contribution in [3.05, 3.63) is 39.2 Å². The maximum atomic E-state index is 15.4. The molecule has 1 aliphatic carbocycles. The lowest BCUT2D eigenvalue weighted by Gasteiger charge is -2.23. The molecule has 2 heterocycles. The largest absolute Gasteiger partial charge is 0.477 e. The first kappa shape index (κ1) is 17.0. The molecule has 1 aromatic carbocycles. The van der Waals surface area contributed by atoms with Gasteiger partial charge in [-0.2, -0.15) is 0 Å². The molecule has 0 spiro atoms. The van der Waals surface area contributed by atoms with Gasteiger partial charge in [-0.05, 0) is 19.3 Å². The van der Waals surface area contributed by atoms with Crippen molar-refractivity contribution in [1.29, 1.82) is 0 Å². The summed E-state index contributed by atoms with van der Waals surface area (Å²) in [6, 6.07) is -0.0801. The number of halogens is 2. The summed E-state index contributed by atoms with van der Waals surface area (Å²) in [4.78, 5) is 25.7. The Hall–Kier alpha value is -2.48. The molecule has 0 atom stereocenters. The number of fused-ring (bicyclic) bond motifs is 1. The van der Waals surface area contributed by atoms with Crippen LogP contribution < -0.4 is 10.3 Å². The molecule has 6 nitrogen and oxygen atoms in total. The lowest BCUT2D eigenvalue weighted by Crippen LogP contribution is -2.26. The van der Waals surface area contributed by atoms with Crippen LogP contribution >= 0.6 is 0 Å². The molecular weight excluding hydrogens is 346 g/mol. The van der Waals surface area contributed by atoms with E-state index in [1.54, 1.807) is 6.92 Å². The monoisotopic (exact) mass is 364 g/mol. The number of aromatic nitrogens is 1. The van der Waals surface area contributed by atoms with Gasteiger partial charge in [-0.3, -0.25) is 4.79 Å². The van der Waals surface area contributed by atoms with E-state index in [1.165, 1.54) is 15.7 Å². The van der Waals surface area contributed by atoms with Crippen LogP contribution in [0.3, 0.4) is 0 Å². The van der Waals surface area contributed by atoms with Crippen molar-refractivity contribution in [3.8, 4) is 0 Å². The number of aryl methyl sites for hydroxylation is 1. The van der Waals surface area contributed by atoms with Crippen LogP contribution in [0.5, 0.6) is 0 Å². The number of carboxylic acid groups (broad SMARTS) is 1. The van der Waals surface area contributed by atoms with E-state index in [4.69, 9.17) is 4.74 Å². The summed E-state index contributed by atoms with van der Waals surface area (Å²) in [5, 5.41) is 9.19. The lowest BCUT2D eigenvalue weighted by atomic mass is 10.00. The van der Waals surface area contributed by atoms with Gasteiger partial charge in [0.05, 0.1) is 17.5 Å². The summed E-state index contributed by atoms with van der Waals surface area (Å²) in [7, 11) is 0. The SMILES string of the molecule is CCc1c(F)c(N2CCOC2)c(F)c2c1c(=O)c(C(=O)O)cn2C1CC1. The van der Waals surface area contributed by atoms with Crippen molar-refractivity contribution < 1.29 is 23.4 Å². The summed E-state index contributed by atoms with van der Waals surface area (Å²) in [6.45, 7) is 2.45. The van der Waals surface area contributed by atoms with Crippen LogP contribution in [0.25, 0.3) is 10.9 Å². The number of pyridine rings is 1. The molecule has 0 amide bonds. The van der Waals surface area contributed by atoms with E-state index in [0.717, 1.165) is 12.8 Å². The summed E-state index contributed by atoms with van der Waals surface area (Å²) in [5.74, 6) is -3.04. The molecule has 2 aromatic rings. The summed E-state index contributed by atoms with van der Waals surface area (Å²) in [5.41, 5.74) is -1.48. The maximum Gasteiger partial charge on any atom is 0.341 e. The fraction of sp³-hybridized carbons (Fsp3) is 0.444. The highest BCUT2D eigenvalue weighted by Gasteiger charge is 2.33. The molecule has 1 aromatic heterocycles. The number of hydrogen-bond donors (Lipinski definition) is 1. The van der Waals surface area contributed by atoms with Gasteiger partial charge in [0, 0.05) is 24.3 Å². The first-order valence-electron chi connectivity index (χ1n) is 8.60. The molecule has 0 radical (unpaired) electrons. The standard InChI is InChI=1S/C18H18F2N2O4/c1-2-10-12-15(14(20)16(13(10)19)21-5-6-26-8-21)22(9-3-4-9)7-11(17(12)23)18(24)25/h7,9H,2-6,8H2,1H3,(H,24,25). The predicted octanol–water partition coefficient (Wildman–Crippen LogP) is 2.67. The number of benzene rings is 1. The van der Waals surface area contributed by atoms with Gasteiger partial charge in [0.15, 0.2) is 11.6 Å². The molecule has 138 valence electrons. The minimum Gasteiger partial charge on any atom is -0.477 e. The number of ether oxygens (including phenoxy) is 1. The molecule has 1 aliphatic heterocycles.